The molecule has 3 N–H and O–H groups in total. The monoisotopic (exact) mass is 572 g/mol. The maximum Gasteiger partial charge on any atom is 0.310 e. The van der Waals surface area contributed by atoms with Gasteiger partial charge < -0.3 is 14.6 Å². The fourth-order valence-electron chi connectivity index (χ4n) is 4.01. The number of fused-ring (bicyclic) bond motifs is 2. The van der Waals surface area contributed by atoms with Crippen molar-refractivity contribution in [1.82, 2.24) is 5.32 Å². The Balaban J connectivity index is 1.42. The van der Waals surface area contributed by atoms with Gasteiger partial charge in [0.05, 0.1) is 18.0 Å². The molecule has 2 aromatic heterocycles. The van der Waals surface area contributed by atoms with Crippen molar-refractivity contribution in [2.24, 2.45) is 0 Å². The van der Waals surface area contributed by atoms with Crippen LogP contribution in [0.5, 0.6) is 11.5 Å². The van der Waals surface area contributed by atoms with Crippen LogP contribution >= 0.6 is 22.7 Å². The van der Waals surface area contributed by atoms with Crippen molar-refractivity contribution >= 4 is 58.6 Å². The van der Waals surface area contributed by atoms with Crippen molar-refractivity contribution in [3.63, 3.8) is 0 Å². The van der Waals surface area contributed by atoms with Gasteiger partial charge in [0.2, 0.25) is 10.0 Å². The molecule has 3 aromatic carbocycles. The summed E-state index contributed by atoms with van der Waals surface area (Å²) in [6, 6.07) is 19.5. The van der Waals surface area contributed by atoms with Gasteiger partial charge in [0.1, 0.15) is 17.3 Å². The molecule has 5 rings (SSSR count). The van der Waals surface area contributed by atoms with E-state index in [-0.39, 0.29) is 12.2 Å². The van der Waals surface area contributed by atoms with Gasteiger partial charge in [-0.2, -0.15) is 0 Å². The quantitative estimate of drug-likeness (QED) is 0.176. The highest BCUT2D eigenvalue weighted by Crippen LogP contribution is 2.37. The van der Waals surface area contributed by atoms with E-state index < -0.39 is 27.9 Å². The van der Waals surface area contributed by atoms with E-state index in [0.717, 1.165) is 32.5 Å². The minimum atomic E-state index is -3.70. The molecule has 1 unspecified atom stereocenters. The van der Waals surface area contributed by atoms with E-state index in [9.17, 15) is 17.9 Å². The highest BCUT2D eigenvalue weighted by atomic mass is 32.2. The van der Waals surface area contributed by atoms with Crippen LogP contribution < -0.4 is 19.5 Å². The zero-order chi connectivity index (χ0) is 26.9. The van der Waals surface area contributed by atoms with Gasteiger partial charge in [-0.25, -0.2) is 18.1 Å². The van der Waals surface area contributed by atoms with E-state index in [1.54, 1.807) is 29.6 Å². The first-order valence-corrected chi connectivity index (χ1v) is 15.3. The van der Waals surface area contributed by atoms with Crippen molar-refractivity contribution in [1.29, 1.82) is 0 Å². The second kappa shape index (κ2) is 10.5. The van der Waals surface area contributed by atoms with Crippen LogP contribution in [-0.4, -0.2) is 32.2 Å². The number of sulfonamides is 1. The number of aliphatic hydroxyl groups excluding tert-OH is 1. The standard InChI is InChI=1S/C27H25FN2O5S3/c1-27(34-23-15-36-25-9-5-3-7-18(23)25,35-24-16-37-26-10-6-4-8-19(24)26)29-14-22(31)17-11-12-20(28)21(13-17)30-38(2,32)33/h3-13,15-16,22,29-31H,14H2,1-2H3. The summed E-state index contributed by atoms with van der Waals surface area (Å²) in [5.41, 5.74) is 0.0724. The van der Waals surface area contributed by atoms with Gasteiger partial charge >= 0.3 is 5.91 Å². The lowest BCUT2D eigenvalue weighted by atomic mass is 10.1. The van der Waals surface area contributed by atoms with Crippen LogP contribution in [0, 0.1) is 5.82 Å². The lowest BCUT2D eigenvalue weighted by molar-refractivity contribution is -0.127. The largest absolute Gasteiger partial charge is 0.438 e. The number of nitrogens with one attached hydrogen (secondary N) is 2. The third-order valence-corrected chi connectivity index (χ3v) is 8.26. The van der Waals surface area contributed by atoms with E-state index in [0.29, 0.717) is 17.1 Å². The number of rotatable bonds is 10. The summed E-state index contributed by atoms with van der Waals surface area (Å²) >= 11 is 3.09. The normalized spacial score (nSPS) is 13.1. The average molecular weight is 573 g/mol. The number of aliphatic hydroxyl groups is 1. The van der Waals surface area contributed by atoms with Crippen LogP contribution in [0.4, 0.5) is 10.1 Å². The summed E-state index contributed by atoms with van der Waals surface area (Å²) in [6.07, 6.45) is -0.194. The summed E-state index contributed by atoms with van der Waals surface area (Å²) in [4.78, 5) is 0. The van der Waals surface area contributed by atoms with Gasteiger partial charge in [0.15, 0.2) is 0 Å². The average Bonchev–Trinajstić information content (AvgIpc) is 3.47. The summed E-state index contributed by atoms with van der Waals surface area (Å²) in [5, 5.41) is 19.8. The number of halogens is 1. The van der Waals surface area contributed by atoms with Gasteiger partial charge in [-0.3, -0.25) is 4.72 Å². The molecule has 2 heterocycles. The fourth-order valence-corrected chi connectivity index (χ4v) is 6.29. The van der Waals surface area contributed by atoms with Crippen LogP contribution in [0.1, 0.15) is 18.6 Å². The third kappa shape index (κ3) is 5.92. The minimum Gasteiger partial charge on any atom is -0.438 e. The minimum absolute atomic E-state index is 0.0371. The van der Waals surface area contributed by atoms with E-state index in [1.165, 1.54) is 12.1 Å². The first-order chi connectivity index (χ1) is 18.1. The molecule has 1 atom stereocenters. The number of ether oxygens (including phenoxy) is 2. The summed E-state index contributed by atoms with van der Waals surface area (Å²) in [6.45, 7) is 1.69. The van der Waals surface area contributed by atoms with Crippen LogP contribution in [0.3, 0.4) is 0 Å². The maximum absolute atomic E-state index is 14.2. The van der Waals surface area contributed by atoms with Crippen molar-refractivity contribution in [2.75, 3.05) is 17.5 Å². The Morgan fingerprint density at radius 1 is 0.947 bits per heavy atom. The van der Waals surface area contributed by atoms with E-state index in [1.807, 2.05) is 59.3 Å². The van der Waals surface area contributed by atoms with E-state index in [4.69, 9.17) is 9.47 Å². The van der Waals surface area contributed by atoms with Crippen LogP contribution in [0.25, 0.3) is 20.2 Å². The molecule has 0 aliphatic rings. The Morgan fingerprint density at radius 3 is 2.05 bits per heavy atom. The van der Waals surface area contributed by atoms with Crippen LogP contribution in [0.15, 0.2) is 77.5 Å². The second-order valence-corrected chi connectivity index (χ2v) is 12.4. The van der Waals surface area contributed by atoms with E-state index >= 15 is 0 Å². The molecule has 0 bridgehead atoms. The molecule has 11 heteroatoms. The summed E-state index contributed by atoms with van der Waals surface area (Å²) in [5.74, 6) is -0.903. The molecule has 7 nitrogen and oxygen atoms in total. The second-order valence-electron chi connectivity index (χ2n) is 8.85. The molecule has 0 saturated carbocycles. The number of hydrogen-bond acceptors (Lipinski definition) is 8. The van der Waals surface area contributed by atoms with Gasteiger partial charge in [-0.15, -0.1) is 22.7 Å². The molecule has 0 saturated heterocycles. The van der Waals surface area contributed by atoms with Crippen molar-refractivity contribution in [3.8, 4) is 11.5 Å². The highest BCUT2D eigenvalue weighted by molar-refractivity contribution is 7.92. The summed E-state index contributed by atoms with van der Waals surface area (Å²) < 4.78 is 54.4. The van der Waals surface area contributed by atoms with E-state index in [2.05, 4.69) is 10.0 Å². The van der Waals surface area contributed by atoms with Crippen molar-refractivity contribution < 1.29 is 27.4 Å². The Kier molecular flexibility index (Phi) is 7.30. The Bertz CT molecular complexity index is 1620. The third-order valence-electron chi connectivity index (χ3n) is 5.79. The Labute approximate surface area is 227 Å². The fraction of sp³-hybridized carbons (Fsp3) is 0.185. The molecule has 38 heavy (non-hydrogen) atoms. The van der Waals surface area contributed by atoms with Crippen LogP contribution in [-0.2, 0) is 10.0 Å². The van der Waals surface area contributed by atoms with Crippen LogP contribution in [0.2, 0.25) is 0 Å². The predicted octanol–water partition coefficient (Wildman–Crippen LogP) is 6.08. The number of hydrogen-bond donors (Lipinski definition) is 3. The highest BCUT2D eigenvalue weighted by Gasteiger charge is 2.32. The molecule has 0 fully saturated rings. The SMILES string of the molecule is CC(NCC(O)c1ccc(F)c(NS(C)(=O)=O)c1)(Oc1csc2ccccc12)Oc1csc2ccccc12. The molecule has 0 aliphatic carbocycles. The van der Waals surface area contributed by atoms with Gasteiger partial charge in [0, 0.05) is 44.4 Å². The van der Waals surface area contributed by atoms with Crippen molar-refractivity contribution in [3.05, 3.63) is 88.9 Å². The first-order valence-electron chi connectivity index (χ1n) is 11.6. The van der Waals surface area contributed by atoms with Crippen molar-refractivity contribution in [2.45, 2.75) is 18.9 Å². The molecule has 0 aliphatic heterocycles. The molecule has 0 radical (unpaired) electrons. The number of benzene rings is 3. The smallest absolute Gasteiger partial charge is 0.310 e. The lowest BCUT2D eigenvalue weighted by Crippen LogP contribution is -2.53. The zero-order valence-corrected chi connectivity index (χ0v) is 22.9. The van der Waals surface area contributed by atoms with Gasteiger partial charge in [-0.1, -0.05) is 30.3 Å². The number of anilines is 1. The molecule has 0 spiro atoms. The number of thiophene rings is 2. The topological polar surface area (TPSA) is 96.9 Å². The maximum atomic E-state index is 14.2. The zero-order valence-electron chi connectivity index (χ0n) is 20.5. The molecule has 0 amide bonds. The summed E-state index contributed by atoms with van der Waals surface area (Å²) in [7, 11) is -3.70. The molecule has 198 valence electrons. The van der Waals surface area contributed by atoms with Gasteiger partial charge in [0.25, 0.3) is 0 Å². The Hall–Kier alpha value is -3.22. The first kappa shape index (κ1) is 26.4. The molecular weight excluding hydrogens is 548 g/mol. The predicted molar refractivity (Wildman–Crippen MR) is 151 cm³/mol. The lowest BCUT2D eigenvalue weighted by Gasteiger charge is -2.32. The van der Waals surface area contributed by atoms with Gasteiger partial charge in [-0.05, 0) is 42.0 Å². The molecular formula is C27H25FN2O5S3. The molecule has 5 aromatic rings. The Morgan fingerprint density at radius 2 is 1.50 bits per heavy atom.